The van der Waals surface area contributed by atoms with Crippen molar-refractivity contribution in [3.63, 3.8) is 0 Å². The van der Waals surface area contributed by atoms with Gasteiger partial charge in [0.25, 0.3) is 0 Å². The van der Waals surface area contributed by atoms with Gasteiger partial charge in [0, 0.05) is 36.3 Å². The number of methoxy groups -OCH3 is 1. The molecule has 2 rings (SSSR count). The lowest BCUT2D eigenvalue weighted by Gasteiger charge is -2.18. The van der Waals surface area contributed by atoms with Crippen LogP contribution in [0.2, 0.25) is 0 Å². The van der Waals surface area contributed by atoms with Gasteiger partial charge in [0.15, 0.2) is 0 Å². The van der Waals surface area contributed by atoms with Crippen molar-refractivity contribution in [2.24, 2.45) is 5.92 Å². The predicted molar refractivity (Wildman–Crippen MR) is 85.7 cm³/mol. The van der Waals surface area contributed by atoms with E-state index in [1.165, 1.54) is 5.56 Å². The molecule has 0 saturated heterocycles. The SMILES string of the molecule is CNC(c1ccn(Cc2cc(OC)cc(C)n2)c1)C(C)C. The van der Waals surface area contributed by atoms with E-state index >= 15 is 0 Å². The van der Waals surface area contributed by atoms with Crippen molar-refractivity contribution >= 4 is 0 Å². The lowest BCUT2D eigenvalue weighted by Crippen LogP contribution is -2.21. The second-order valence-electron chi connectivity index (χ2n) is 5.77. The summed E-state index contributed by atoms with van der Waals surface area (Å²) in [6.07, 6.45) is 4.30. The third-order valence-corrected chi connectivity index (χ3v) is 3.67. The van der Waals surface area contributed by atoms with Crippen LogP contribution in [-0.4, -0.2) is 23.7 Å². The Balaban J connectivity index is 2.17. The molecule has 0 bridgehead atoms. The Morgan fingerprint density at radius 2 is 2.10 bits per heavy atom. The monoisotopic (exact) mass is 287 g/mol. The van der Waals surface area contributed by atoms with E-state index in [9.17, 15) is 0 Å². The van der Waals surface area contributed by atoms with Crippen LogP contribution in [0.3, 0.4) is 0 Å². The fourth-order valence-corrected chi connectivity index (χ4v) is 2.72. The summed E-state index contributed by atoms with van der Waals surface area (Å²) in [4.78, 5) is 4.57. The van der Waals surface area contributed by atoms with Crippen LogP contribution < -0.4 is 10.1 Å². The highest BCUT2D eigenvalue weighted by Crippen LogP contribution is 2.22. The van der Waals surface area contributed by atoms with E-state index in [4.69, 9.17) is 4.74 Å². The Labute approximate surface area is 127 Å². The Morgan fingerprint density at radius 3 is 2.71 bits per heavy atom. The Hall–Kier alpha value is -1.81. The molecule has 0 aromatic carbocycles. The number of nitrogens with zero attached hydrogens (tertiary/aromatic N) is 2. The molecule has 0 amide bonds. The molecule has 0 aliphatic carbocycles. The zero-order valence-electron chi connectivity index (χ0n) is 13.6. The van der Waals surface area contributed by atoms with Gasteiger partial charge in [-0.25, -0.2) is 0 Å². The van der Waals surface area contributed by atoms with Gasteiger partial charge < -0.3 is 14.6 Å². The van der Waals surface area contributed by atoms with E-state index in [1.54, 1.807) is 7.11 Å². The van der Waals surface area contributed by atoms with Gasteiger partial charge in [0.1, 0.15) is 5.75 Å². The van der Waals surface area contributed by atoms with Gasteiger partial charge in [-0.3, -0.25) is 4.98 Å². The molecule has 0 aliphatic rings. The Morgan fingerprint density at radius 1 is 1.33 bits per heavy atom. The molecule has 4 heteroatoms. The molecular formula is C17H25N3O. The van der Waals surface area contributed by atoms with E-state index < -0.39 is 0 Å². The van der Waals surface area contributed by atoms with Crippen LogP contribution in [0.25, 0.3) is 0 Å². The topological polar surface area (TPSA) is 39.1 Å². The van der Waals surface area contributed by atoms with Gasteiger partial charge in [-0.1, -0.05) is 13.8 Å². The summed E-state index contributed by atoms with van der Waals surface area (Å²) >= 11 is 0. The van der Waals surface area contributed by atoms with Crippen molar-refractivity contribution < 1.29 is 4.74 Å². The molecule has 0 aliphatic heterocycles. The first kappa shape index (κ1) is 15.6. The fraction of sp³-hybridized carbons (Fsp3) is 0.471. The summed E-state index contributed by atoms with van der Waals surface area (Å²) in [6.45, 7) is 7.20. The molecule has 21 heavy (non-hydrogen) atoms. The van der Waals surface area contributed by atoms with Crippen LogP contribution >= 0.6 is 0 Å². The van der Waals surface area contributed by atoms with E-state index in [2.05, 4.69) is 47.2 Å². The van der Waals surface area contributed by atoms with Gasteiger partial charge in [0.05, 0.1) is 19.3 Å². The minimum Gasteiger partial charge on any atom is -0.497 e. The summed E-state index contributed by atoms with van der Waals surface area (Å²) < 4.78 is 7.48. The second kappa shape index (κ2) is 6.76. The lowest BCUT2D eigenvalue weighted by atomic mass is 9.99. The number of ether oxygens (including phenoxy) is 1. The van der Waals surface area contributed by atoms with Gasteiger partial charge in [0.2, 0.25) is 0 Å². The highest BCUT2D eigenvalue weighted by atomic mass is 16.5. The van der Waals surface area contributed by atoms with Crippen LogP contribution in [0.5, 0.6) is 5.75 Å². The van der Waals surface area contributed by atoms with Gasteiger partial charge in [-0.15, -0.1) is 0 Å². The van der Waals surface area contributed by atoms with Crippen LogP contribution in [0.1, 0.15) is 36.8 Å². The molecule has 1 atom stereocenters. The van der Waals surface area contributed by atoms with Crippen molar-refractivity contribution in [3.8, 4) is 5.75 Å². The van der Waals surface area contributed by atoms with Crippen molar-refractivity contribution in [2.45, 2.75) is 33.4 Å². The Bertz CT molecular complexity index is 589. The zero-order valence-corrected chi connectivity index (χ0v) is 13.6. The first-order valence-corrected chi connectivity index (χ1v) is 7.38. The van der Waals surface area contributed by atoms with E-state index in [1.807, 2.05) is 26.1 Å². The highest BCUT2D eigenvalue weighted by Gasteiger charge is 2.14. The summed E-state index contributed by atoms with van der Waals surface area (Å²) in [5.74, 6) is 1.42. The molecule has 0 saturated carbocycles. The third kappa shape index (κ3) is 3.85. The predicted octanol–water partition coefficient (Wildman–Crippen LogP) is 3.16. The number of hydrogen-bond donors (Lipinski definition) is 1. The molecule has 0 spiro atoms. The molecule has 114 valence electrons. The molecule has 1 unspecified atom stereocenters. The van der Waals surface area contributed by atoms with Crippen molar-refractivity contribution in [1.82, 2.24) is 14.9 Å². The normalized spacial score (nSPS) is 12.7. The molecule has 2 aromatic heterocycles. The van der Waals surface area contributed by atoms with E-state index in [-0.39, 0.29) is 0 Å². The van der Waals surface area contributed by atoms with Crippen molar-refractivity contribution in [2.75, 3.05) is 14.2 Å². The summed E-state index contributed by atoms with van der Waals surface area (Å²) in [7, 11) is 3.70. The van der Waals surface area contributed by atoms with Crippen LogP contribution in [0, 0.1) is 12.8 Å². The van der Waals surface area contributed by atoms with E-state index in [0.29, 0.717) is 12.0 Å². The number of aromatic nitrogens is 2. The summed E-state index contributed by atoms with van der Waals surface area (Å²) in [5.41, 5.74) is 3.30. The highest BCUT2D eigenvalue weighted by molar-refractivity contribution is 5.27. The first-order valence-electron chi connectivity index (χ1n) is 7.38. The van der Waals surface area contributed by atoms with E-state index in [0.717, 1.165) is 23.7 Å². The average Bonchev–Trinajstić information content (AvgIpc) is 2.86. The summed E-state index contributed by atoms with van der Waals surface area (Å²) in [5, 5.41) is 3.37. The number of hydrogen-bond acceptors (Lipinski definition) is 3. The molecule has 1 N–H and O–H groups in total. The number of rotatable bonds is 6. The Kier molecular flexibility index (Phi) is 5.02. The average molecular weight is 287 g/mol. The molecule has 4 nitrogen and oxygen atoms in total. The van der Waals surface area contributed by atoms with Crippen molar-refractivity contribution in [1.29, 1.82) is 0 Å². The van der Waals surface area contributed by atoms with Crippen LogP contribution in [0.4, 0.5) is 0 Å². The summed E-state index contributed by atoms with van der Waals surface area (Å²) in [6, 6.07) is 6.49. The van der Waals surface area contributed by atoms with Crippen LogP contribution in [0.15, 0.2) is 30.6 Å². The number of aryl methyl sites for hydroxylation is 1. The molecule has 0 fully saturated rings. The smallest absolute Gasteiger partial charge is 0.122 e. The zero-order chi connectivity index (χ0) is 15.4. The van der Waals surface area contributed by atoms with Crippen LogP contribution in [-0.2, 0) is 6.54 Å². The minimum atomic E-state index is 0.381. The molecule has 2 heterocycles. The number of pyridine rings is 1. The first-order chi connectivity index (χ1) is 10.0. The lowest BCUT2D eigenvalue weighted by molar-refractivity contribution is 0.413. The maximum atomic E-state index is 5.31. The maximum absolute atomic E-state index is 5.31. The largest absolute Gasteiger partial charge is 0.497 e. The standard InChI is InChI=1S/C17H25N3O/c1-12(2)17(18-4)14-6-7-20(10-14)11-15-9-16(21-5)8-13(3)19-15/h6-10,12,17-18H,11H2,1-5H3. The minimum absolute atomic E-state index is 0.381. The molecular weight excluding hydrogens is 262 g/mol. The quantitative estimate of drug-likeness (QED) is 0.887. The molecule has 0 radical (unpaired) electrons. The fourth-order valence-electron chi connectivity index (χ4n) is 2.72. The number of nitrogens with one attached hydrogen (secondary N) is 1. The second-order valence-corrected chi connectivity index (χ2v) is 5.77. The van der Waals surface area contributed by atoms with Gasteiger partial charge in [-0.05, 0) is 31.5 Å². The third-order valence-electron chi connectivity index (χ3n) is 3.67. The maximum Gasteiger partial charge on any atom is 0.122 e. The van der Waals surface area contributed by atoms with Gasteiger partial charge in [-0.2, -0.15) is 0 Å². The van der Waals surface area contributed by atoms with Crippen molar-refractivity contribution in [3.05, 3.63) is 47.5 Å². The van der Waals surface area contributed by atoms with Gasteiger partial charge >= 0.3 is 0 Å². The molecule has 2 aromatic rings.